The molecule has 76 valence electrons. The van der Waals surface area contributed by atoms with E-state index in [-0.39, 0.29) is 0 Å². The number of hydrogen-bond acceptors (Lipinski definition) is 0. The van der Waals surface area contributed by atoms with Crippen molar-refractivity contribution in [3.8, 4) is 0 Å². The first-order valence-corrected chi connectivity index (χ1v) is 19.4. The third kappa shape index (κ3) is 3.71. The van der Waals surface area contributed by atoms with Gasteiger partial charge in [-0.3, -0.25) is 0 Å². The summed E-state index contributed by atoms with van der Waals surface area (Å²) in [6.45, 7) is 4.76. The van der Waals surface area contributed by atoms with Crippen molar-refractivity contribution in [3.05, 3.63) is 8.72 Å². The van der Waals surface area contributed by atoms with Crippen LogP contribution in [-0.4, -0.2) is 27.1 Å². The van der Waals surface area contributed by atoms with Crippen molar-refractivity contribution in [1.82, 2.24) is 0 Å². The predicted octanol–water partition coefficient (Wildman–Crippen LogP) is 3.54. The molecule has 0 aliphatic rings. The molecule has 2 heteroatoms. The first-order valence-electron chi connectivity index (χ1n) is 4.75. The molecule has 0 fully saturated rings. The average molecular weight is 296 g/mol. The summed E-state index contributed by atoms with van der Waals surface area (Å²) in [6.07, 6.45) is 0. The molecule has 0 bridgehead atoms. The van der Waals surface area contributed by atoms with Crippen molar-refractivity contribution in [3.63, 3.8) is 0 Å². The maximum absolute atomic E-state index is 2.49. The molecule has 0 atom stereocenters. The van der Waals surface area contributed by atoms with Crippen LogP contribution in [0.1, 0.15) is 13.8 Å². The van der Waals surface area contributed by atoms with Crippen molar-refractivity contribution in [1.29, 1.82) is 0 Å². The van der Waals surface area contributed by atoms with E-state index in [0.29, 0.717) is 0 Å². The van der Waals surface area contributed by atoms with Crippen LogP contribution in [0.5, 0.6) is 0 Å². The molecule has 12 heavy (non-hydrogen) atoms. The molecule has 0 amide bonds. The van der Waals surface area contributed by atoms with Gasteiger partial charge in [0.2, 0.25) is 0 Å². The zero-order chi connectivity index (χ0) is 10.2. The molecule has 0 unspecified atom stereocenters. The minimum absolute atomic E-state index is 1.49. The van der Waals surface area contributed by atoms with E-state index in [1.165, 1.54) is 0 Å². The summed E-state index contributed by atoms with van der Waals surface area (Å²) in [5.74, 6) is 0. The topological polar surface area (TPSA) is 0 Å². The Morgan fingerprint density at radius 1 is 0.583 bits per heavy atom. The van der Waals surface area contributed by atoms with Gasteiger partial charge in [0.15, 0.2) is 0 Å². The molecule has 0 spiro atoms. The van der Waals surface area contributed by atoms with Crippen molar-refractivity contribution in [2.24, 2.45) is 0 Å². The first kappa shape index (κ1) is 12.9. The normalized spacial score (nSPS) is 18.7. The molecule has 0 N–H and O–H groups in total. The minimum atomic E-state index is -1.49. The second-order valence-corrected chi connectivity index (χ2v) is 27.8. The molecule has 0 aliphatic carbocycles. The van der Waals surface area contributed by atoms with E-state index < -0.39 is 27.1 Å². The monoisotopic (exact) mass is 296 g/mol. The molecule has 0 aromatic carbocycles. The molecular weight excluding hydrogens is 270 g/mol. The fourth-order valence-corrected chi connectivity index (χ4v) is 14.0. The molecule has 0 nitrogen and oxygen atoms in total. The van der Waals surface area contributed by atoms with E-state index in [9.17, 15) is 0 Å². The summed E-state index contributed by atoms with van der Waals surface area (Å²) >= 11 is -2.97. The van der Waals surface area contributed by atoms with Crippen LogP contribution in [0.25, 0.3) is 0 Å². The van der Waals surface area contributed by atoms with Crippen LogP contribution in [0.15, 0.2) is 8.72 Å². The molecular formula is C10H26As2. The van der Waals surface area contributed by atoms with Crippen LogP contribution in [0.4, 0.5) is 0 Å². The first-order chi connectivity index (χ1) is 5.07. The zero-order valence-electron chi connectivity index (χ0n) is 10.0. The number of hydrogen-bond donors (Lipinski definition) is 0. The summed E-state index contributed by atoms with van der Waals surface area (Å²) < 4.78 is 3.59. The van der Waals surface area contributed by atoms with Gasteiger partial charge in [-0.05, 0) is 0 Å². The van der Waals surface area contributed by atoms with Gasteiger partial charge in [0.1, 0.15) is 0 Å². The molecule has 0 rings (SSSR count). The van der Waals surface area contributed by atoms with Gasteiger partial charge in [-0.2, -0.15) is 0 Å². The fraction of sp³-hybridized carbons (Fsp3) is 0.800. The SMILES string of the molecule is C/C(=C(\C)[AsH](C)(C)C)[AsH](C)(C)C. The standard InChI is InChI=1S/C10H26As2/c1-9(11(3,4)5)10(2)12(6,7)8/h11-12H,1-8H3/b10-9-. The Morgan fingerprint density at radius 3 is 0.833 bits per heavy atom. The Morgan fingerprint density at radius 2 is 0.750 bits per heavy atom. The average Bonchev–Trinajstić information content (AvgIpc) is 1.80. The fourth-order valence-electron chi connectivity index (χ4n) is 1.12. The van der Waals surface area contributed by atoms with E-state index in [1.807, 2.05) is 0 Å². The van der Waals surface area contributed by atoms with Gasteiger partial charge in [-0.15, -0.1) is 0 Å². The molecule has 0 aromatic heterocycles. The summed E-state index contributed by atoms with van der Waals surface area (Å²) in [5, 5.41) is 0. The Bertz CT molecular complexity index is 167. The van der Waals surface area contributed by atoms with E-state index in [4.69, 9.17) is 0 Å². The molecule has 0 saturated carbocycles. The summed E-state index contributed by atoms with van der Waals surface area (Å²) in [6, 6.07) is 0. The molecule has 0 aromatic rings. The van der Waals surface area contributed by atoms with Gasteiger partial charge >= 0.3 is 83.9 Å². The van der Waals surface area contributed by atoms with Crippen LogP contribution in [0, 0.1) is 0 Å². The van der Waals surface area contributed by atoms with Crippen LogP contribution >= 0.6 is 0 Å². The van der Waals surface area contributed by atoms with Gasteiger partial charge in [-0.25, -0.2) is 0 Å². The van der Waals surface area contributed by atoms with Gasteiger partial charge in [0.25, 0.3) is 0 Å². The third-order valence-corrected chi connectivity index (χ3v) is 14.9. The second-order valence-electron chi connectivity index (χ2n) is 5.75. The van der Waals surface area contributed by atoms with Crippen LogP contribution in [-0.2, 0) is 0 Å². The van der Waals surface area contributed by atoms with Crippen molar-refractivity contribution in [2.45, 2.75) is 48.1 Å². The van der Waals surface area contributed by atoms with Crippen LogP contribution in [0.2, 0.25) is 34.3 Å². The maximum atomic E-state index is 2.49. The third-order valence-electron chi connectivity index (χ3n) is 2.81. The Balaban J connectivity index is 4.96. The van der Waals surface area contributed by atoms with Crippen molar-refractivity contribution in [2.75, 3.05) is 0 Å². The summed E-state index contributed by atoms with van der Waals surface area (Å²) in [7, 11) is 0. The predicted molar refractivity (Wildman–Crippen MR) is 67.9 cm³/mol. The van der Waals surface area contributed by atoms with E-state index in [2.05, 4.69) is 48.1 Å². The Labute approximate surface area is 83.7 Å². The van der Waals surface area contributed by atoms with Crippen LogP contribution in [0.3, 0.4) is 0 Å². The Kier molecular flexibility index (Phi) is 4.21. The Hall–Kier alpha value is 0.857. The van der Waals surface area contributed by atoms with Crippen molar-refractivity contribution >= 4 is 27.1 Å². The van der Waals surface area contributed by atoms with Gasteiger partial charge in [0, 0.05) is 0 Å². The molecule has 0 heterocycles. The van der Waals surface area contributed by atoms with E-state index in [1.54, 1.807) is 8.72 Å². The quantitative estimate of drug-likeness (QED) is 0.684. The van der Waals surface area contributed by atoms with E-state index >= 15 is 0 Å². The zero-order valence-corrected chi connectivity index (χ0v) is 14.2. The van der Waals surface area contributed by atoms with Crippen LogP contribution < -0.4 is 0 Å². The molecule has 0 radical (unpaired) electrons. The molecule has 0 aliphatic heterocycles. The molecule has 0 saturated heterocycles. The van der Waals surface area contributed by atoms with E-state index in [0.717, 1.165) is 0 Å². The van der Waals surface area contributed by atoms with Gasteiger partial charge < -0.3 is 0 Å². The summed E-state index contributed by atoms with van der Waals surface area (Å²) in [4.78, 5) is 0. The number of rotatable bonds is 2. The van der Waals surface area contributed by atoms with Gasteiger partial charge in [0.05, 0.1) is 0 Å². The van der Waals surface area contributed by atoms with Gasteiger partial charge in [-0.1, -0.05) is 0 Å². The van der Waals surface area contributed by atoms with Crippen molar-refractivity contribution < 1.29 is 0 Å². The summed E-state index contributed by atoms with van der Waals surface area (Å²) in [5.41, 5.74) is 15.0. The second kappa shape index (κ2) is 3.93. The number of allylic oxidation sites excluding steroid dienone is 2.